The minimum atomic E-state index is -0.377. The number of methoxy groups -OCH3 is 1. The van der Waals surface area contributed by atoms with E-state index in [0.29, 0.717) is 44.7 Å². The third kappa shape index (κ3) is 8.36. The zero-order valence-corrected chi connectivity index (χ0v) is 22.2. The number of aromatic nitrogens is 4. The van der Waals surface area contributed by atoms with Gasteiger partial charge in [0.1, 0.15) is 5.75 Å². The molecule has 206 valence electrons. The second-order valence-corrected chi connectivity index (χ2v) is 9.56. The molecule has 1 aromatic heterocycles. The van der Waals surface area contributed by atoms with Crippen LogP contribution in [0.25, 0.3) is 0 Å². The molecule has 2 N–H and O–H groups in total. The van der Waals surface area contributed by atoms with Gasteiger partial charge >= 0.3 is 0 Å². The van der Waals surface area contributed by atoms with Gasteiger partial charge in [-0.3, -0.25) is 14.4 Å². The van der Waals surface area contributed by atoms with Crippen LogP contribution in [0.1, 0.15) is 55.1 Å². The lowest BCUT2D eigenvalue weighted by atomic mass is 10.0. The summed E-state index contributed by atoms with van der Waals surface area (Å²) < 4.78 is 6.88. The number of fused-ring (bicyclic) bond motifs is 1. The summed E-state index contributed by atoms with van der Waals surface area (Å²) in [5, 5.41) is 18.1. The normalized spacial score (nSPS) is 17.7. The van der Waals surface area contributed by atoms with Crippen LogP contribution in [0.15, 0.2) is 54.6 Å². The lowest BCUT2D eigenvalue weighted by Crippen LogP contribution is -2.41. The van der Waals surface area contributed by atoms with Gasteiger partial charge in [0, 0.05) is 32.5 Å². The van der Waals surface area contributed by atoms with Crippen LogP contribution in [-0.2, 0) is 33.9 Å². The fourth-order valence-electron chi connectivity index (χ4n) is 4.54. The highest BCUT2D eigenvalue weighted by Crippen LogP contribution is 2.19. The second kappa shape index (κ2) is 14.0. The van der Waals surface area contributed by atoms with Crippen molar-refractivity contribution >= 4 is 17.7 Å². The van der Waals surface area contributed by atoms with E-state index in [1.54, 1.807) is 16.7 Å². The molecule has 1 unspecified atom stereocenters. The summed E-state index contributed by atoms with van der Waals surface area (Å²) in [4.78, 5) is 40.2. The molecule has 3 aromatic rings. The first-order chi connectivity index (χ1) is 19.0. The Morgan fingerprint density at radius 2 is 1.74 bits per heavy atom. The highest BCUT2D eigenvalue weighted by atomic mass is 16.5. The third-order valence-electron chi connectivity index (χ3n) is 6.65. The second-order valence-electron chi connectivity index (χ2n) is 9.56. The van der Waals surface area contributed by atoms with Gasteiger partial charge in [0.05, 0.1) is 19.7 Å². The van der Waals surface area contributed by atoms with E-state index in [9.17, 15) is 14.4 Å². The summed E-state index contributed by atoms with van der Waals surface area (Å²) in [6.45, 7) is 0.989. The largest absolute Gasteiger partial charge is 0.497 e. The summed E-state index contributed by atoms with van der Waals surface area (Å²) in [6.07, 6.45) is 2.80. The van der Waals surface area contributed by atoms with Gasteiger partial charge in [0.15, 0.2) is 5.82 Å². The zero-order valence-electron chi connectivity index (χ0n) is 22.2. The van der Waals surface area contributed by atoms with Crippen molar-refractivity contribution in [3.8, 4) is 5.75 Å². The van der Waals surface area contributed by atoms with Crippen molar-refractivity contribution in [3.63, 3.8) is 0 Å². The smallest absolute Gasteiger partial charge is 0.239 e. The molecule has 1 atom stereocenters. The summed E-state index contributed by atoms with van der Waals surface area (Å²) in [7, 11) is 1.60. The topological polar surface area (TPSA) is 131 Å². The maximum Gasteiger partial charge on any atom is 0.239 e. The number of aryl methyl sites for hydroxylation is 2. The number of carbonyl (C=O) groups is 3. The number of rotatable bonds is 6. The first-order valence-electron chi connectivity index (χ1n) is 13.3. The van der Waals surface area contributed by atoms with Gasteiger partial charge in [-0.2, -0.15) is 0 Å². The van der Waals surface area contributed by atoms with E-state index in [4.69, 9.17) is 4.74 Å². The highest BCUT2D eigenvalue weighted by Gasteiger charge is 2.23. The predicted octanol–water partition coefficient (Wildman–Crippen LogP) is 2.19. The van der Waals surface area contributed by atoms with Crippen LogP contribution in [0.5, 0.6) is 5.75 Å². The van der Waals surface area contributed by atoms with Crippen LogP contribution < -0.4 is 15.4 Å². The molecule has 0 fully saturated rings. The lowest BCUT2D eigenvalue weighted by Gasteiger charge is -2.23. The van der Waals surface area contributed by atoms with Crippen LogP contribution in [0.3, 0.4) is 0 Å². The number of ether oxygens (including phenoxy) is 1. The number of benzene rings is 2. The first-order valence-corrected chi connectivity index (χ1v) is 13.3. The number of hydrogen-bond acceptors (Lipinski definition) is 7. The standard InChI is InChI=1S/C28H35N7O4/c1-39-23-14-11-22(12-15-23)19-34-20-26(37)29-17-5-9-25(36)30-24(16-13-21-7-3-2-4-8-21)28-31-32-33-35(28)18-6-10-27(34)38/h2-4,7-8,11-12,14-15,24H,5-6,9-10,13,16-20H2,1H3,(H,29,37)(H,30,36). The Morgan fingerprint density at radius 1 is 0.949 bits per heavy atom. The monoisotopic (exact) mass is 533 g/mol. The maximum absolute atomic E-state index is 13.2. The van der Waals surface area contributed by atoms with E-state index < -0.39 is 0 Å². The molecule has 39 heavy (non-hydrogen) atoms. The number of hydrogen-bond donors (Lipinski definition) is 2. The molecule has 4 rings (SSSR count). The van der Waals surface area contributed by atoms with Gasteiger partial charge in [-0.15, -0.1) is 5.10 Å². The molecule has 0 radical (unpaired) electrons. The number of amides is 3. The van der Waals surface area contributed by atoms with Crippen molar-refractivity contribution in [2.75, 3.05) is 20.2 Å². The fraction of sp³-hybridized carbons (Fsp3) is 0.429. The molecule has 2 heterocycles. The van der Waals surface area contributed by atoms with Gasteiger partial charge in [-0.05, 0) is 59.4 Å². The molecule has 11 nitrogen and oxygen atoms in total. The van der Waals surface area contributed by atoms with Crippen LogP contribution in [0.2, 0.25) is 0 Å². The Bertz CT molecular complexity index is 1230. The van der Waals surface area contributed by atoms with Crippen LogP contribution in [0.4, 0.5) is 0 Å². The molecule has 0 spiro atoms. The molecule has 0 saturated carbocycles. The molecule has 1 aliphatic rings. The average molecular weight is 534 g/mol. The van der Waals surface area contributed by atoms with Crippen molar-refractivity contribution < 1.29 is 19.1 Å². The Hall–Kier alpha value is -4.28. The molecule has 1 aliphatic heterocycles. The summed E-state index contributed by atoms with van der Waals surface area (Å²) >= 11 is 0. The summed E-state index contributed by atoms with van der Waals surface area (Å²) in [6, 6.07) is 17.1. The van der Waals surface area contributed by atoms with Crippen LogP contribution in [0, 0.1) is 0 Å². The number of nitrogens with one attached hydrogen (secondary N) is 2. The van der Waals surface area contributed by atoms with Gasteiger partial charge in [0.25, 0.3) is 0 Å². The average Bonchev–Trinajstić information content (AvgIpc) is 3.42. The molecule has 11 heteroatoms. The Labute approximate surface area is 227 Å². The third-order valence-corrected chi connectivity index (χ3v) is 6.65. The van der Waals surface area contributed by atoms with E-state index >= 15 is 0 Å². The Balaban J connectivity index is 1.48. The van der Waals surface area contributed by atoms with Gasteiger partial charge in [0.2, 0.25) is 17.7 Å². The van der Waals surface area contributed by atoms with Gasteiger partial charge in [-0.25, -0.2) is 4.68 Å². The molecule has 0 aliphatic carbocycles. The van der Waals surface area contributed by atoms with Crippen molar-refractivity contribution in [2.45, 2.75) is 57.7 Å². The fourth-order valence-corrected chi connectivity index (χ4v) is 4.54. The minimum absolute atomic E-state index is 0.0608. The van der Waals surface area contributed by atoms with Crippen molar-refractivity contribution in [1.29, 1.82) is 0 Å². The summed E-state index contributed by atoms with van der Waals surface area (Å²) in [5.74, 6) is 0.783. The highest BCUT2D eigenvalue weighted by molar-refractivity contribution is 5.84. The number of nitrogens with zero attached hydrogens (tertiary/aromatic N) is 5. The van der Waals surface area contributed by atoms with Gasteiger partial charge in [-0.1, -0.05) is 42.5 Å². The Morgan fingerprint density at radius 3 is 2.51 bits per heavy atom. The molecule has 3 amide bonds. The maximum atomic E-state index is 13.2. The predicted molar refractivity (Wildman–Crippen MR) is 143 cm³/mol. The molecule has 0 bridgehead atoms. The number of carbonyl (C=O) groups excluding carboxylic acids is 3. The van der Waals surface area contributed by atoms with E-state index in [1.165, 1.54) is 0 Å². The van der Waals surface area contributed by atoms with E-state index in [0.717, 1.165) is 23.3 Å². The number of tetrazole rings is 1. The quantitative estimate of drug-likeness (QED) is 0.497. The van der Waals surface area contributed by atoms with Crippen molar-refractivity contribution in [3.05, 3.63) is 71.5 Å². The summed E-state index contributed by atoms with van der Waals surface area (Å²) in [5.41, 5.74) is 2.05. The van der Waals surface area contributed by atoms with E-state index in [1.807, 2.05) is 54.6 Å². The SMILES string of the molecule is COc1ccc(CN2CC(=O)NCCCC(=O)NC(CCc3ccccc3)c3nnnn3CCCC2=O)cc1. The van der Waals surface area contributed by atoms with Crippen molar-refractivity contribution in [1.82, 2.24) is 35.7 Å². The minimum Gasteiger partial charge on any atom is -0.497 e. The van der Waals surface area contributed by atoms with E-state index in [-0.39, 0.29) is 43.1 Å². The van der Waals surface area contributed by atoms with Crippen molar-refractivity contribution in [2.24, 2.45) is 0 Å². The van der Waals surface area contributed by atoms with E-state index in [2.05, 4.69) is 26.2 Å². The van der Waals surface area contributed by atoms with Crippen LogP contribution >= 0.6 is 0 Å². The zero-order chi connectivity index (χ0) is 27.5. The molecular weight excluding hydrogens is 498 g/mol. The lowest BCUT2D eigenvalue weighted by molar-refractivity contribution is -0.136. The van der Waals surface area contributed by atoms with Crippen LogP contribution in [-0.4, -0.2) is 63.0 Å². The molecule has 0 saturated heterocycles. The first kappa shape index (κ1) is 27.7. The molecule has 2 aromatic carbocycles. The van der Waals surface area contributed by atoms with Gasteiger partial charge < -0.3 is 20.3 Å². The molecular formula is C28H35N7O4. The Kier molecular flexibility index (Phi) is 9.98.